The summed E-state index contributed by atoms with van der Waals surface area (Å²) in [5.74, 6) is 0.0777. The number of carbonyl (C=O) groups is 2. The Morgan fingerprint density at radius 3 is 2.30 bits per heavy atom. The lowest BCUT2D eigenvalue weighted by atomic mass is 10.00. The fourth-order valence-electron chi connectivity index (χ4n) is 2.80. The maximum atomic E-state index is 12.1. The highest BCUT2D eigenvalue weighted by molar-refractivity contribution is 5.94. The van der Waals surface area contributed by atoms with Crippen molar-refractivity contribution in [2.24, 2.45) is 5.92 Å². The van der Waals surface area contributed by atoms with Crippen LogP contribution < -0.4 is 10.1 Å². The lowest BCUT2D eigenvalue weighted by Crippen LogP contribution is -2.31. The Hall–Kier alpha value is -2.82. The molecule has 0 aromatic heterocycles. The Morgan fingerprint density at radius 2 is 1.67 bits per heavy atom. The highest BCUT2D eigenvalue weighted by atomic mass is 16.5. The Labute approximate surface area is 160 Å². The quantitative estimate of drug-likeness (QED) is 0.716. The van der Waals surface area contributed by atoms with E-state index in [1.807, 2.05) is 19.1 Å². The third-order valence-electron chi connectivity index (χ3n) is 4.16. The number of para-hydroxylation sites is 1. The summed E-state index contributed by atoms with van der Waals surface area (Å²) in [5, 5.41) is 2.84. The van der Waals surface area contributed by atoms with Crippen molar-refractivity contribution in [3.8, 4) is 5.75 Å². The van der Waals surface area contributed by atoms with Crippen LogP contribution in [-0.2, 0) is 16.0 Å². The Morgan fingerprint density at radius 1 is 1.00 bits per heavy atom. The van der Waals surface area contributed by atoms with Gasteiger partial charge in [-0.25, -0.2) is 4.79 Å². The zero-order chi connectivity index (χ0) is 19.8. The van der Waals surface area contributed by atoms with Gasteiger partial charge in [0.2, 0.25) is 0 Å². The van der Waals surface area contributed by atoms with Gasteiger partial charge in [-0.15, -0.1) is 0 Å². The molecule has 0 heterocycles. The Kier molecular flexibility index (Phi) is 7.41. The molecule has 1 atom stereocenters. The zero-order valence-corrected chi connectivity index (χ0v) is 16.3. The van der Waals surface area contributed by atoms with E-state index in [4.69, 9.17) is 9.47 Å². The molecular weight excluding hydrogens is 342 g/mol. The van der Waals surface area contributed by atoms with E-state index in [0.29, 0.717) is 17.2 Å². The molecule has 2 aromatic carbocycles. The van der Waals surface area contributed by atoms with E-state index in [1.165, 1.54) is 12.7 Å². The largest absolute Gasteiger partial charge is 0.496 e. The van der Waals surface area contributed by atoms with Crippen LogP contribution in [0.5, 0.6) is 5.75 Å². The monoisotopic (exact) mass is 369 g/mol. The first-order chi connectivity index (χ1) is 12.9. The zero-order valence-electron chi connectivity index (χ0n) is 16.3. The minimum Gasteiger partial charge on any atom is -0.496 e. The normalized spacial score (nSPS) is 11.7. The first-order valence-electron chi connectivity index (χ1n) is 9.09. The number of benzene rings is 2. The molecule has 27 heavy (non-hydrogen) atoms. The molecule has 0 fully saturated rings. The number of esters is 1. The van der Waals surface area contributed by atoms with Crippen LogP contribution >= 0.6 is 0 Å². The SMILES string of the molecule is COc1ccccc1C(=O)OCC(=O)N[C@@H](C)c1ccc(CC(C)C)cc1. The van der Waals surface area contributed by atoms with Crippen molar-refractivity contribution in [3.05, 3.63) is 65.2 Å². The lowest BCUT2D eigenvalue weighted by Gasteiger charge is -2.15. The van der Waals surface area contributed by atoms with Crippen LogP contribution in [0, 0.1) is 5.92 Å². The first kappa shape index (κ1) is 20.5. The summed E-state index contributed by atoms with van der Waals surface area (Å²) >= 11 is 0. The molecule has 5 heteroatoms. The van der Waals surface area contributed by atoms with Crippen LogP contribution in [0.25, 0.3) is 0 Å². The summed E-state index contributed by atoms with van der Waals surface area (Å²) in [7, 11) is 1.48. The van der Waals surface area contributed by atoms with Gasteiger partial charge in [-0.05, 0) is 42.5 Å². The minimum atomic E-state index is -0.590. The first-order valence-corrected chi connectivity index (χ1v) is 9.09. The van der Waals surface area contributed by atoms with Crippen LogP contribution in [0.3, 0.4) is 0 Å². The second kappa shape index (κ2) is 9.76. The molecule has 0 saturated heterocycles. The van der Waals surface area contributed by atoms with Gasteiger partial charge in [0.25, 0.3) is 5.91 Å². The molecule has 2 rings (SSSR count). The van der Waals surface area contributed by atoms with Crippen molar-refractivity contribution >= 4 is 11.9 Å². The Balaban J connectivity index is 1.86. The van der Waals surface area contributed by atoms with Gasteiger partial charge in [0, 0.05) is 0 Å². The van der Waals surface area contributed by atoms with Gasteiger partial charge in [-0.1, -0.05) is 50.2 Å². The van der Waals surface area contributed by atoms with Gasteiger partial charge >= 0.3 is 5.97 Å². The summed E-state index contributed by atoms with van der Waals surface area (Å²) in [6.07, 6.45) is 1.03. The topological polar surface area (TPSA) is 64.6 Å². The molecule has 0 aliphatic carbocycles. The molecule has 0 spiro atoms. The number of hydrogen-bond donors (Lipinski definition) is 1. The van der Waals surface area contributed by atoms with E-state index in [9.17, 15) is 9.59 Å². The number of carbonyl (C=O) groups excluding carboxylic acids is 2. The standard InChI is InChI=1S/C22H27NO4/c1-15(2)13-17-9-11-18(12-10-17)16(3)23-21(24)14-27-22(25)19-7-5-6-8-20(19)26-4/h5-12,15-16H,13-14H2,1-4H3,(H,23,24)/t16-/m0/s1. The smallest absolute Gasteiger partial charge is 0.342 e. The fraction of sp³-hybridized carbons (Fsp3) is 0.364. The van der Waals surface area contributed by atoms with Crippen LogP contribution in [0.1, 0.15) is 48.3 Å². The maximum Gasteiger partial charge on any atom is 0.342 e. The molecule has 5 nitrogen and oxygen atoms in total. The molecule has 144 valence electrons. The van der Waals surface area contributed by atoms with E-state index in [0.717, 1.165) is 12.0 Å². The van der Waals surface area contributed by atoms with Crippen LogP contribution in [0.4, 0.5) is 0 Å². The molecule has 0 aliphatic heterocycles. The summed E-state index contributed by atoms with van der Waals surface area (Å²) in [5.41, 5.74) is 2.58. The molecule has 0 aliphatic rings. The number of nitrogens with one attached hydrogen (secondary N) is 1. The van der Waals surface area contributed by atoms with Crippen molar-refractivity contribution in [3.63, 3.8) is 0 Å². The van der Waals surface area contributed by atoms with Crippen molar-refractivity contribution in [1.29, 1.82) is 0 Å². The number of rotatable bonds is 8. The molecule has 1 amide bonds. The van der Waals surface area contributed by atoms with Crippen LogP contribution in [0.2, 0.25) is 0 Å². The molecule has 0 radical (unpaired) electrons. The fourth-order valence-corrected chi connectivity index (χ4v) is 2.80. The maximum absolute atomic E-state index is 12.1. The second-order valence-electron chi connectivity index (χ2n) is 6.91. The van der Waals surface area contributed by atoms with E-state index >= 15 is 0 Å². The molecule has 0 unspecified atom stereocenters. The molecule has 0 saturated carbocycles. The van der Waals surface area contributed by atoms with Gasteiger partial charge in [0.15, 0.2) is 6.61 Å². The minimum absolute atomic E-state index is 0.171. The van der Waals surface area contributed by atoms with E-state index in [-0.39, 0.29) is 18.6 Å². The summed E-state index contributed by atoms with van der Waals surface area (Å²) in [6.45, 7) is 5.93. The van der Waals surface area contributed by atoms with Crippen LogP contribution in [0.15, 0.2) is 48.5 Å². The summed E-state index contributed by atoms with van der Waals surface area (Å²) < 4.78 is 10.2. The van der Waals surface area contributed by atoms with Crippen molar-refractivity contribution in [1.82, 2.24) is 5.32 Å². The number of hydrogen-bond acceptors (Lipinski definition) is 4. The van der Waals surface area contributed by atoms with Crippen molar-refractivity contribution in [2.45, 2.75) is 33.2 Å². The average molecular weight is 369 g/mol. The molecule has 0 bridgehead atoms. The van der Waals surface area contributed by atoms with Gasteiger partial charge in [-0.3, -0.25) is 4.79 Å². The summed E-state index contributed by atoms with van der Waals surface area (Å²) in [6, 6.07) is 14.8. The second-order valence-corrected chi connectivity index (χ2v) is 6.91. The third kappa shape index (κ3) is 6.13. The predicted octanol–water partition coefficient (Wildman–Crippen LogP) is 3.93. The van der Waals surface area contributed by atoms with E-state index < -0.39 is 5.97 Å². The van der Waals surface area contributed by atoms with E-state index in [2.05, 4.69) is 31.3 Å². The van der Waals surface area contributed by atoms with Gasteiger partial charge in [0.1, 0.15) is 11.3 Å². The number of methoxy groups -OCH3 is 1. The van der Waals surface area contributed by atoms with Gasteiger partial charge < -0.3 is 14.8 Å². The van der Waals surface area contributed by atoms with Crippen molar-refractivity contribution < 1.29 is 19.1 Å². The Bertz CT molecular complexity index is 768. The van der Waals surface area contributed by atoms with Gasteiger partial charge in [0.05, 0.1) is 13.2 Å². The van der Waals surface area contributed by atoms with Gasteiger partial charge in [-0.2, -0.15) is 0 Å². The number of ether oxygens (including phenoxy) is 2. The summed E-state index contributed by atoms with van der Waals surface area (Å²) in [4.78, 5) is 24.2. The molecular formula is C22H27NO4. The van der Waals surface area contributed by atoms with E-state index in [1.54, 1.807) is 24.3 Å². The van der Waals surface area contributed by atoms with Crippen LogP contribution in [-0.4, -0.2) is 25.6 Å². The molecule has 1 N–H and O–H groups in total. The predicted molar refractivity (Wildman–Crippen MR) is 105 cm³/mol. The highest BCUT2D eigenvalue weighted by Gasteiger charge is 2.16. The lowest BCUT2D eigenvalue weighted by molar-refractivity contribution is -0.124. The highest BCUT2D eigenvalue weighted by Crippen LogP contribution is 2.18. The third-order valence-corrected chi connectivity index (χ3v) is 4.16. The number of amides is 1. The molecule has 2 aromatic rings. The van der Waals surface area contributed by atoms with Crippen molar-refractivity contribution in [2.75, 3.05) is 13.7 Å². The average Bonchev–Trinajstić information content (AvgIpc) is 2.66.